The van der Waals surface area contributed by atoms with Crippen molar-refractivity contribution in [2.24, 2.45) is 17.3 Å². The van der Waals surface area contributed by atoms with E-state index >= 15 is 0 Å². The van der Waals surface area contributed by atoms with Gasteiger partial charge in [0.1, 0.15) is 0 Å². The topological polar surface area (TPSA) is 71.1 Å². The maximum absolute atomic E-state index is 11.8. The Bertz CT molecular complexity index is 419. The average molecular weight is 344 g/mol. The zero-order valence-corrected chi connectivity index (χ0v) is 15.8. The van der Waals surface area contributed by atoms with Crippen LogP contribution in [0, 0.1) is 17.3 Å². The third-order valence-corrected chi connectivity index (χ3v) is 4.70. The lowest BCUT2D eigenvalue weighted by Gasteiger charge is -2.37. The van der Waals surface area contributed by atoms with Crippen LogP contribution in [0.2, 0.25) is 0 Å². The Labute approximate surface area is 145 Å². The van der Waals surface area contributed by atoms with Crippen molar-refractivity contribution >= 4 is 11.9 Å². The fraction of sp³-hybridized carbons (Fsp3) is 0.889. The second kappa shape index (κ2) is 8.81. The SMILES string of the molecule is CCC(COC(=O)COC(=O)C(C)(C)CC)C1COC(C)(C)OC1. The standard InChI is InChI=1S/C18H32O6/c1-7-13(14-10-23-18(5,6)24-11-14)9-21-15(19)12-22-16(20)17(3,4)8-2/h13-14H,7-12H2,1-6H3. The van der Waals surface area contributed by atoms with E-state index in [0.717, 1.165) is 6.42 Å². The Morgan fingerprint density at radius 1 is 1.17 bits per heavy atom. The molecular weight excluding hydrogens is 312 g/mol. The lowest BCUT2D eigenvalue weighted by atomic mass is 9.91. The first-order valence-corrected chi connectivity index (χ1v) is 8.72. The van der Waals surface area contributed by atoms with Gasteiger partial charge in [0.05, 0.1) is 25.2 Å². The Balaban J connectivity index is 2.35. The van der Waals surface area contributed by atoms with Gasteiger partial charge >= 0.3 is 11.9 Å². The van der Waals surface area contributed by atoms with Gasteiger partial charge in [0, 0.05) is 11.8 Å². The maximum Gasteiger partial charge on any atom is 0.344 e. The van der Waals surface area contributed by atoms with E-state index in [4.69, 9.17) is 18.9 Å². The summed E-state index contributed by atoms with van der Waals surface area (Å²) in [7, 11) is 0. The van der Waals surface area contributed by atoms with E-state index in [2.05, 4.69) is 0 Å². The van der Waals surface area contributed by atoms with Gasteiger partial charge in [-0.1, -0.05) is 13.8 Å². The van der Waals surface area contributed by atoms with E-state index in [-0.39, 0.29) is 31.0 Å². The van der Waals surface area contributed by atoms with Gasteiger partial charge in [0.2, 0.25) is 0 Å². The van der Waals surface area contributed by atoms with Crippen molar-refractivity contribution in [1.29, 1.82) is 0 Å². The second-order valence-corrected chi connectivity index (χ2v) is 7.45. The first kappa shape index (κ1) is 20.9. The van der Waals surface area contributed by atoms with Crippen molar-refractivity contribution < 1.29 is 28.5 Å². The predicted octanol–water partition coefficient (Wildman–Crippen LogP) is 2.93. The summed E-state index contributed by atoms with van der Waals surface area (Å²) >= 11 is 0. The molecule has 1 atom stereocenters. The summed E-state index contributed by atoms with van der Waals surface area (Å²) in [5.74, 6) is -1.10. The minimum Gasteiger partial charge on any atom is -0.463 e. The summed E-state index contributed by atoms with van der Waals surface area (Å²) in [6.07, 6.45) is 1.50. The summed E-state index contributed by atoms with van der Waals surface area (Å²) in [6.45, 7) is 12.4. The zero-order chi connectivity index (χ0) is 18.4. The summed E-state index contributed by atoms with van der Waals surface area (Å²) in [5.41, 5.74) is -0.587. The smallest absolute Gasteiger partial charge is 0.344 e. The first-order chi connectivity index (χ1) is 11.1. The van der Waals surface area contributed by atoms with Crippen LogP contribution in [0.25, 0.3) is 0 Å². The molecule has 1 aliphatic rings. The molecule has 0 spiro atoms. The van der Waals surface area contributed by atoms with Crippen LogP contribution in [0.15, 0.2) is 0 Å². The normalized spacial score (nSPS) is 19.6. The van der Waals surface area contributed by atoms with Crippen molar-refractivity contribution in [2.75, 3.05) is 26.4 Å². The Morgan fingerprint density at radius 3 is 2.25 bits per heavy atom. The van der Waals surface area contributed by atoms with E-state index in [1.54, 1.807) is 13.8 Å². The maximum atomic E-state index is 11.8. The molecule has 1 heterocycles. The molecule has 6 nitrogen and oxygen atoms in total. The number of rotatable bonds is 8. The van der Waals surface area contributed by atoms with Crippen LogP contribution in [0.3, 0.4) is 0 Å². The van der Waals surface area contributed by atoms with E-state index in [0.29, 0.717) is 19.6 Å². The number of carbonyl (C=O) groups is 2. The molecule has 1 saturated heterocycles. The molecule has 0 amide bonds. The summed E-state index contributed by atoms with van der Waals surface area (Å²) in [4.78, 5) is 23.6. The van der Waals surface area contributed by atoms with Crippen LogP contribution >= 0.6 is 0 Å². The van der Waals surface area contributed by atoms with Crippen LogP contribution in [0.4, 0.5) is 0 Å². The van der Waals surface area contributed by atoms with Gasteiger partial charge < -0.3 is 18.9 Å². The van der Waals surface area contributed by atoms with Crippen LogP contribution in [-0.2, 0) is 28.5 Å². The van der Waals surface area contributed by atoms with Crippen LogP contribution in [0.1, 0.15) is 54.4 Å². The molecule has 0 aliphatic carbocycles. The van der Waals surface area contributed by atoms with Crippen LogP contribution < -0.4 is 0 Å². The van der Waals surface area contributed by atoms with Crippen molar-refractivity contribution in [3.05, 3.63) is 0 Å². The highest BCUT2D eigenvalue weighted by molar-refractivity contribution is 5.79. The van der Waals surface area contributed by atoms with Crippen molar-refractivity contribution in [3.63, 3.8) is 0 Å². The molecule has 24 heavy (non-hydrogen) atoms. The predicted molar refractivity (Wildman–Crippen MR) is 89.2 cm³/mol. The molecule has 1 unspecified atom stereocenters. The largest absolute Gasteiger partial charge is 0.463 e. The minimum atomic E-state index is -0.587. The third-order valence-electron chi connectivity index (χ3n) is 4.70. The lowest BCUT2D eigenvalue weighted by Crippen LogP contribution is -2.42. The fourth-order valence-electron chi connectivity index (χ4n) is 2.27. The van der Waals surface area contributed by atoms with Crippen molar-refractivity contribution in [3.8, 4) is 0 Å². The molecule has 1 rings (SSSR count). The monoisotopic (exact) mass is 344 g/mol. The number of esters is 2. The van der Waals surface area contributed by atoms with E-state index in [1.165, 1.54) is 0 Å². The zero-order valence-electron chi connectivity index (χ0n) is 15.8. The van der Waals surface area contributed by atoms with E-state index in [9.17, 15) is 9.59 Å². The highest BCUT2D eigenvalue weighted by Crippen LogP contribution is 2.27. The van der Waals surface area contributed by atoms with Crippen molar-refractivity contribution in [2.45, 2.75) is 60.2 Å². The van der Waals surface area contributed by atoms with E-state index < -0.39 is 17.2 Å². The number of ether oxygens (including phenoxy) is 4. The summed E-state index contributed by atoms with van der Waals surface area (Å²) in [5, 5.41) is 0. The minimum absolute atomic E-state index is 0.160. The molecule has 1 aliphatic heterocycles. The molecule has 0 aromatic heterocycles. The quantitative estimate of drug-likeness (QED) is 0.631. The van der Waals surface area contributed by atoms with Crippen LogP contribution in [-0.4, -0.2) is 44.2 Å². The number of hydrogen-bond donors (Lipinski definition) is 0. The van der Waals surface area contributed by atoms with Gasteiger partial charge in [0.25, 0.3) is 0 Å². The molecule has 0 aromatic carbocycles. The molecule has 140 valence electrons. The van der Waals surface area contributed by atoms with Crippen molar-refractivity contribution in [1.82, 2.24) is 0 Å². The molecular formula is C18H32O6. The number of hydrogen-bond acceptors (Lipinski definition) is 6. The first-order valence-electron chi connectivity index (χ1n) is 8.72. The molecule has 0 saturated carbocycles. The van der Waals surface area contributed by atoms with Gasteiger partial charge in [-0.25, -0.2) is 4.79 Å². The van der Waals surface area contributed by atoms with Gasteiger partial charge in [0.15, 0.2) is 12.4 Å². The number of carbonyl (C=O) groups excluding carboxylic acids is 2. The molecule has 0 aromatic rings. The summed E-state index contributed by atoms with van der Waals surface area (Å²) in [6, 6.07) is 0. The third kappa shape index (κ3) is 6.40. The van der Waals surface area contributed by atoms with Gasteiger partial charge in [-0.15, -0.1) is 0 Å². The lowest BCUT2D eigenvalue weighted by molar-refractivity contribution is -0.269. The summed E-state index contributed by atoms with van der Waals surface area (Å²) < 4.78 is 21.6. The van der Waals surface area contributed by atoms with Crippen LogP contribution in [0.5, 0.6) is 0 Å². The average Bonchev–Trinajstić information content (AvgIpc) is 2.54. The molecule has 6 heteroatoms. The highest BCUT2D eigenvalue weighted by atomic mass is 16.7. The Morgan fingerprint density at radius 2 is 1.75 bits per heavy atom. The Hall–Kier alpha value is -1.14. The molecule has 0 N–H and O–H groups in total. The van der Waals surface area contributed by atoms with E-state index in [1.807, 2.05) is 27.7 Å². The van der Waals surface area contributed by atoms with Gasteiger partial charge in [-0.2, -0.15) is 0 Å². The molecule has 0 radical (unpaired) electrons. The molecule has 0 bridgehead atoms. The van der Waals surface area contributed by atoms with Gasteiger partial charge in [-0.3, -0.25) is 4.79 Å². The van der Waals surface area contributed by atoms with Gasteiger partial charge in [-0.05, 0) is 40.5 Å². The second-order valence-electron chi connectivity index (χ2n) is 7.45. The highest BCUT2D eigenvalue weighted by Gasteiger charge is 2.33. The fourth-order valence-corrected chi connectivity index (χ4v) is 2.27. The molecule has 1 fully saturated rings. The Kier molecular flexibility index (Phi) is 7.67.